The number of hydrogen-bond acceptors (Lipinski definition) is 1. The first-order valence-corrected chi connectivity index (χ1v) is 3.60. The molecule has 1 heterocycles. The van der Waals surface area contributed by atoms with E-state index in [4.69, 9.17) is 0 Å². The molecule has 54 valence electrons. The fraction of sp³-hybridized carbons (Fsp3) is 0.444. The molecule has 0 saturated carbocycles. The zero-order valence-corrected chi connectivity index (χ0v) is 6.76. The van der Waals surface area contributed by atoms with Crippen LogP contribution in [0.15, 0.2) is 28.4 Å². The van der Waals surface area contributed by atoms with Crippen LogP contribution in [0, 0.1) is 5.92 Å². The van der Waals surface area contributed by atoms with Crippen molar-refractivity contribution in [1.29, 1.82) is 0 Å². The lowest BCUT2D eigenvalue weighted by atomic mass is 10.1. The van der Waals surface area contributed by atoms with Crippen molar-refractivity contribution < 1.29 is 0 Å². The van der Waals surface area contributed by atoms with Crippen molar-refractivity contribution in [2.45, 2.75) is 20.8 Å². The maximum Gasteiger partial charge on any atom is 0.0397 e. The van der Waals surface area contributed by atoms with Crippen molar-refractivity contribution in [3.63, 3.8) is 0 Å². The van der Waals surface area contributed by atoms with Gasteiger partial charge in [-0.05, 0) is 19.4 Å². The van der Waals surface area contributed by atoms with E-state index in [0.717, 1.165) is 5.70 Å². The molecule has 0 aromatic carbocycles. The summed E-state index contributed by atoms with van der Waals surface area (Å²) in [6.07, 6.45) is 6.27. The molecule has 0 bridgehead atoms. The molecule has 1 nitrogen and oxygen atoms in total. The fourth-order valence-corrected chi connectivity index (χ4v) is 0.798. The molecule has 0 aromatic rings. The molecular formula is C9H13N. The maximum atomic E-state index is 4.28. The predicted octanol–water partition coefficient (Wildman–Crippen LogP) is 2.56. The molecule has 0 fully saturated rings. The SMILES string of the molecule is CC1=C(C)N=CC(C)C=C1. The van der Waals surface area contributed by atoms with Crippen LogP contribution in [0.2, 0.25) is 0 Å². The van der Waals surface area contributed by atoms with Gasteiger partial charge in [0.25, 0.3) is 0 Å². The van der Waals surface area contributed by atoms with Crippen LogP contribution < -0.4 is 0 Å². The van der Waals surface area contributed by atoms with Crippen LogP contribution in [-0.4, -0.2) is 6.21 Å². The summed E-state index contributed by atoms with van der Waals surface area (Å²) in [4.78, 5) is 4.28. The van der Waals surface area contributed by atoms with E-state index in [0.29, 0.717) is 5.92 Å². The van der Waals surface area contributed by atoms with Crippen LogP contribution >= 0.6 is 0 Å². The highest BCUT2D eigenvalue weighted by Gasteiger charge is 1.97. The Morgan fingerprint density at radius 2 is 2.10 bits per heavy atom. The van der Waals surface area contributed by atoms with E-state index >= 15 is 0 Å². The first-order chi connectivity index (χ1) is 4.70. The van der Waals surface area contributed by atoms with Gasteiger partial charge in [0.05, 0.1) is 0 Å². The fourth-order valence-electron chi connectivity index (χ4n) is 0.798. The minimum absolute atomic E-state index is 0.479. The minimum atomic E-state index is 0.479. The number of hydrogen-bond donors (Lipinski definition) is 0. The van der Waals surface area contributed by atoms with Crippen LogP contribution in [0.25, 0.3) is 0 Å². The second-order valence-corrected chi connectivity index (χ2v) is 2.76. The molecule has 1 heteroatoms. The Labute approximate surface area is 62.2 Å². The highest BCUT2D eigenvalue weighted by molar-refractivity contribution is 5.65. The summed E-state index contributed by atoms with van der Waals surface area (Å²) < 4.78 is 0. The molecule has 10 heavy (non-hydrogen) atoms. The number of allylic oxidation sites excluding steroid dienone is 4. The van der Waals surface area contributed by atoms with Crippen LogP contribution in [0.4, 0.5) is 0 Å². The second-order valence-electron chi connectivity index (χ2n) is 2.76. The summed E-state index contributed by atoms with van der Waals surface area (Å²) in [5, 5.41) is 0. The smallest absolute Gasteiger partial charge is 0.0397 e. The molecule has 0 spiro atoms. The Morgan fingerprint density at radius 1 is 1.40 bits per heavy atom. The van der Waals surface area contributed by atoms with E-state index in [-0.39, 0.29) is 0 Å². The monoisotopic (exact) mass is 135 g/mol. The van der Waals surface area contributed by atoms with Crippen molar-refractivity contribution in [2.75, 3.05) is 0 Å². The Balaban J connectivity index is 2.91. The molecule has 0 aromatic heterocycles. The van der Waals surface area contributed by atoms with E-state index in [1.54, 1.807) is 0 Å². The van der Waals surface area contributed by atoms with Crippen LogP contribution in [0.1, 0.15) is 20.8 Å². The molecule has 0 aliphatic carbocycles. The standard InChI is InChI=1S/C9H13N/c1-7-4-5-8(2)9(3)10-6-7/h4-7H,1-3H3. The van der Waals surface area contributed by atoms with E-state index in [1.165, 1.54) is 5.57 Å². The zero-order valence-electron chi connectivity index (χ0n) is 6.76. The summed E-state index contributed by atoms with van der Waals surface area (Å²) in [5.74, 6) is 0.479. The second kappa shape index (κ2) is 2.82. The van der Waals surface area contributed by atoms with Crippen molar-refractivity contribution in [1.82, 2.24) is 0 Å². The molecule has 1 aliphatic heterocycles. The predicted molar refractivity (Wildman–Crippen MR) is 45.2 cm³/mol. The normalized spacial score (nSPS) is 25.3. The first-order valence-electron chi connectivity index (χ1n) is 3.60. The Kier molecular flexibility index (Phi) is 2.05. The third-order valence-electron chi connectivity index (χ3n) is 1.72. The third kappa shape index (κ3) is 1.56. The number of aliphatic imine (C=N–C) groups is 1. The van der Waals surface area contributed by atoms with Crippen molar-refractivity contribution in [3.8, 4) is 0 Å². The van der Waals surface area contributed by atoms with E-state index in [1.807, 2.05) is 13.1 Å². The zero-order chi connectivity index (χ0) is 7.56. The highest BCUT2D eigenvalue weighted by Crippen LogP contribution is 2.11. The van der Waals surface area contributed by atoms with E-state index in [9.17, 15) is 0 Å². The first kappa shape index (κ1) is 7.26. The van der Waals surface area contributed by atoms with Gasteiger partial charge in [0.15, 0.2) is 0 Å². The summed E-state index contributed by atoms with van der Waals surface area (Å²) in [7, 11) is 0. The van der Waals surface area contributed by atoms with Crippen molar-refractivity contribution >= 4 is 6.21 Å². The maximum absolute atomic E-state index is 4.28. The average molecular weight is 135 g/mol. The molecule has 1 atom stereocenters. The van der Waals surface area contributed by atoms with Gasteiger partial charge in [-0.25, -0.2) is 0 Å². The van der Waals surface area contributed by atoms with E-state index < -0.39 is 0 Å². The third-order valence-corrected chi connectivity index (χ3v) is 1.72. The lowest BCUT2D eigenvalue weighted by Gasteiger charge is -1.91. The van der Waals surface area contributed by atoms with Gasteiger partial charge in [0.2, 0.25) is 0 Å². The minimum Gasteiger partial charge on any atom is -0.265 e. The summed E-state index contributed by atoms with van der Waals surface area (Å²) >= 11 is 0. The molecule has 0 saturated heterocycles. The number of nitrogens with zero attached hydrogens (tertiary/aromatic N) is 1. The van der Waals surface area contributed by atoms with Gasteiger partial charge in [-0.1, -0.05) is 19.1 Å². The van der Waals surface area contributed by atoms with Crippen LogP contribution in [-0.2, 0) is 0 Å². The van der Waals surface area contributed by atoms with Gasteiger partial charge in [0.1, 0.15) is 0 Å². The molecule has 0 radical (unpaired) electrons. The van der Waals surface area contributed by atoms with Crippen LogP contribution in [0.5, 0.6) is 0 Å². The molecule has 1 aliphatic rings. The topological polar surface area (TPSA) is 12.4 Å². The van der Waals surface area contributed by atoms with Gasteiger partial charge >= 0.3 is 0 Å². The quantitative estimate of drug-likeness (QED) is 0.484. The number of rotatable bonds is 0. The van der Waals surface area contributed by atoms with Gasteiger partial charge in [-0.3, -0.25) is 4.99 Å². The average Bonchev–Trinajstić information content (AvgIpc) is 2.04. The van der Waals surface area contributed by atoms with E-state index in [2.05, 4.69) is 31.0 Å². The lowest BCUT2D eigenvalue weighted by molar-refractivity contribution is 1.02. The van der Waals surface area contributed by atoms with Crippen molar-refractivity contribution in [2.24, 2.45) is 10.9 Å². The highest BCUT2D eigenvalue weighted by atomic mass is 14.7. The molecule has 0 N–H and O–H groups in total. The lowest BCUT2D eigenvalue weighted by Crippen LogP contribution is -1.87. The molecule has 1 unspecified atom stereocenters. The van der Waals surface area contributed by atoms with Gasteiger partial charge in [0, 0.05) is 17.8 Å². The molecule has 1 rings (SSSR count). The van der Waals surface area contributed by atoms with Gasteiger partial charge < -0.3 is 0 Å². The summed E-state index contributed by atoms with van der Waals surface area (Å²) in [6.45, 7) is 6.25. The van der Waals surface area contributed by atoms with Crippen LogP contribution in [0.3, 0.4) is 0 Å². The summed E-state index contributed by atoms with van der Waals surface area (Å²) in [6, 6.07) is 0. The molecular weight excluding hydrogens is 122 g/mol. The van der Waals surface area contributed by atoms with Gasteiger partial charge in [-0.2, -0.15) is 0 Å². The van der Waals surface area contributed by atoms with Gasteiger partial charge in [-0.15, -0.1) is 0 Å². The molecule has 0 amide bonds. The van der Waals surface area contributed by atoms with Crippen molar-refractivity contribution in [3.05, 3.63) is 23.4 Å². The Bertz CT molecular complexity index is 187. The Hall–Kier alpha value is -0.850. The summed E-state index contributed by atoms with van der Waals surface area (Å²) in [5.41, 5.74) is 2.39. The Morgan fingerprint density at radius 3 is 2.80 bits per heavy atom. The largest absolute Gasteiger partial charge is 0.265 e.